The van der Waals surface area contributed by atoms with E-state index in [1.165, 1.54) is 30.6 Å². The predicted octanol–water partition coefficient (Wildman–Crippen LogP) is 5.01. The molecule has 0 saturated heterocycles. The van der Waals surface area contributed by atoms with Gasteiger partial charge in [-0.25, -0.2) is 0 Å². The number of thioether (sulfide) groups is 2. The Kier molecular flexibility index (Phi) is 12.1. The lowest BCUT2D eigenvalue weighted by Gasteiger charge is -2.17. The standard InChI is InChI=1S/C22H34N6S2.HI/c1-17(30-19-12-5-4-6-13-19)16-25-21(23-2)24-15-9-14-20-26-27-22(29-3)28(20)18-10-7-8-11-18;/h4-6,12-13,17-18H,7-11,14-16H2,1-3H3,(H2,23,24,25);1H. The van der Waals surface area contributed by atoms with E-state index >= 15 is 0 Å². The van der Waals surface area contributed by atoms with Crippen molar-refractivity contribution in [1.82, 2.24) is 25.4 Å². The van der Waals surface area contributed by atoms with Gasteiger partial charge < -0.3 is 15.2 Å². The van der Waals surface area contributed by atoms with Crippen molar-refractivity contribution in [3.63, 3.8) is 0 Å². The van der Waals surface area contributed by atoms with Crippen LogP contribution in [0.2, 0.25) is 0 Å². The van der Waals surface area contributed by atoms with E-state index in [0.29, 0.717) is 11.3 Å². The summed E-state index contributed by atoms with van der Waals surface area (Å²) in [7, 11) is 1.83. The van der Waals surface area contributed by atoms with E-state index < -0.39 is 0 Å². The summed E-state index contributed by atoms with van der Waals surface area (Å²) in [6.07, 6.45) is 9.19. The van der Waals surface area contributed by atoms with Gasteiger partial charge in [-0.3, -0.25) is 4.99 Å². The minimum Gasteiger partial charge on any atom is -0.356 e. The molecule has 0 amide bonds. The maximum Gasteiger partial charge on any atom is 0.191 e. The molecule has 2 N–H and O–H groups in total. The lowest BCUT2D eigenvalue weighted by atomic mass is 10.2. The molecule has 1 atom stereocenters. The maximum absolute atomic E-state index is 4.48. The second-order valence-corrected chi connectivity index (χ2v) is 9.92. The summed E-state index contributed by atoms with van der Waals surface area (Å²) < 4.78 is 2.40. The van der Waals surface area contributed by atoms with Crippen LogP contribution in [0.4, 0.5) is 0 Å². The first kappa shape index (κ1) is 26.3. The molecule has 3 rings (SSSR count). The molecule has 1 aromatic heterocycles. The molecule has 1 aliphatic rings. The zero-order valence-electron chi connectivity index (χ0n) is 18.7. The third kappa shape index (κ3) is 8.16. The molecule has 0 bridgehead atoms. The van der Waals surface area contributed by atoms with Crippen molar-refractivity contribution in [3.8, 4) is 0 Å². The number of aryl methyl sites for hydroxylation is 1. The average molecular weight is 575 g/mol. The van der Waals surface area contributed by atoms with Gasteiger partial charge in [-0.15, -0.1) is 45.9 Å². The molecule has 1 fully saturated rings. The zero-order valence-corrected chi connectivity index (χ0v) is 22.7. The Bertz CT molecular complexity index is 793. The summed E-state index contributed by atoms with van der Waals surface area (Å²) in [6, 6.07) is 11.1. The molecule has 1 aliphatic carbocycles. The van der Waals surface area contributed by atoms with E-state index in [1.54, 1.807) is 11.8 Å². The third-order valence-electron chi connectivity index (χ3n) is 5.34. The second-order valence-electron chi connectivity index (χ2n) is 7.64. The van der Waals surface area contributed by atoms with Gasteiger partial charge in [-0.05, 0) is 37.7 Å². The highest BCUT2D eigenvalue weighted by molar-refractivity contribution is 14.0. The number of nitrogens with zero attached hydrogens (tertiary/aromatic N) is 4. The first-order valence-corrected chi connectivity index (χ1v) is 13.0. The topological polar surface area (TPSA) is 67.1 Å². The Hall–Kier alpha value is -0.940. The number of hydrogen-bond acceptors (Lipinski definition) is 5. The molecular weight excluding hydrogens is 539 g/mol. The maximum atomic E-state index is 4.48. The lowest BCUT2D eigenvalue weighted by Crippen LogP contribution is -2.40. The van der Waals surface area contributed by atoms with Gasteiger partial charge in [0.1, 0.15) is 5.82 Å². The minimum atomic E-state index is 0. The summed E-state index contributed by atoms with van der Waals surface area (Å²) in [6.45, 7) is 3.97. The van der Waals surface area contributed by atoms with Crippen molar-refractivity contribution in [1.29, 1.82) is 0 Å². The van der Waals surface area contributed by atoms with Crippen molar-refractivity contribution in [3.05, 3.63) is 36.2 Å². The highest BCUT2D eigenvalue weighted by Crippen LogP contribution is 2.33. The van der Waals surface area contributed by atoms with Crippen LogP contribution in [0, 0.1) is 0 Å². The van der Waals surface area contributed by atoms with Gasteiger partial charge in [0.25, 0.3) is 0 Å². The van der Waals surface area contributed by atoms with Gasteiger partial charge in [-0.2, -0.15) is 0 Å². The number of guanidine groups is 1. The van der Waals surface area contributed by atoms with Crippen molar-refractivity contribution in [2.24, 2.45) is 4.99 Å². The van der Waals surface area contributed by atoms with E-state index in [1.807, 2.05) is 18.8 Å². The molecule has 6 nitrogen and oxygen atoms in total. The number of rotatable bonds is 10. The molecule has 1 heterocycles. The molecule has 1 saturated carbocycles. The van der Waals surface area contributed by atoms with E-state index in [4.69, 9.17) is 0 Å². The highest BCUT2D eigenvalue weighted by Gasteiger charge is 2.23. The number of halogens is 1. The highest BCUT2D eigenvalue weighted by atomic mass is 127. The fourth-order valence-electron chi connectivity index (χ4n) is 3.83. The van der Waals surface area contributed by atoms with Gasteiger partial charge in [-0.1, -0.05) is 49.7 Å². The van der Waals surface area contributed by atoms with Crippen LogP contribution in [-0.4, -0.2) is 52.4 Å². The Morgan fingerprint density at radius 2 is 1.94 bits per heavy atom. The summed E-state index contributed by atoms with van der Waals surface area (Å²) in [5, 5.41) is 17.3. The third-order valence-corrected chi connectivity index (χ3v) is 7.10. The molecule has 9 heteroatoms. The van der Waals surface area contributed by atoms with Crippen molar-refractivity contribution >= 4 is 53.5 Å². The Morgan fingerprint density at radius 1 is 1.19 bits per heavy atom. The van der Waals surface area contributed by atoms with Crippen LogP contribution < -0.4 is 10.6 Å². The SMILES string of the molecule is CN=C(NCCCc1nnc(SC)n1C1CCCC1)NCC(C)Sc1ccccc1.I. The van der Waals surface area contributed by atoms with Gasteiger partial charge in [0, 0.05) is 42.7 Å². The molecule has 0 spiro atoms. The molecule has 0 aliphatic heterocycles. The van der Waals surface area contributed by atoms with Gasteiger partial charge in [0.15, 0.2) is 11.1 Å². The fraction of sp³-hybridized carbons (Fsp3) is 0.591. The monoisotopic (exact) mass is 574 g/mol. The first-order chi connectivity index (χ1) is 14.7. The fourth-order valence-corrected chi connectivity index (χ4v) is 5.35. The number of nitrogens with one attached hydrogen (secondary N) is 2. The Labute approximate surface area is 212 Å². The normalized spacial score (nSPS) is 15.5. The largest absolute Gasteiger partial charge is 0.356 e. The summed E-state index contributed by atoms with van der Waals surface area (Å²) >= 11 is 3.58. The minimum absolute atomic E-state index is 0. The summed E-state index contributed by atoms with van der Waals surface area (Å²) in [5.74, 6) is 1.99. The van der Waals surface area contributed by atoms with Crippen molar-refractivity contribution < 1.29 is 0 Å². The van der Waals surface area contributed by atoms with Crippen molar-refractivity contribution in [2.45, 2.75) is 66.8 Å². The number of aromatic nitrogens is 3. The molecule has 2 aromatic rings. The van der Waals surface area contributed by atoms with Crippen LogP contribution in [0.25, 0.3) is 0 Å². The smallest absolute Gasteiger partial charge is 0.191 e. The number of benzene rings is 1. The molecular formula is C22H35IN6S2. The quantitative estimate of drug-likeness (QED) is 0.137. The molecule has 31 heavy (non-hydrogen) atoms. The Balaban J connectivity index is 0.00000341. The molecule has 172 valence electrons. The second kappa shape index (κ2) is 14.3. The van der Waals surface area contributed by atoms with E-state index in [-0.39, 0.29) is 24.0 Å². The van der Waals surface area contributed by atoms with Crippen LogP contribution in [0.3, 0.4) is 0 Å². The van der Waals surface area contributed by atoms with Crippen LogP contribution in [0.5, 0.6) is 0 Å². The average Bonchev–Trinajstić information content (AvgIpc) is 3.43. The molecule has 1 aromatic carbocycles. The predicted molar refractivity (Wildman–Crippen MR) is 144 cm³/mol. The number of hydrogen-bond donors (Lipinski definition) is 2. The molecule has 1 unspecified atom stereocenters. The summed E-state index contributed by atoms with van der Waals surface area (Å²) in [4.78, 5) is 5.66. The zero-order chi connectivity index (χ0) is 21.2. The van der Waals surface area contributed by atoms with Crippen LogP contribution >= 0.6 is 47.5 Å². The van der Waals surface area contributed by atoms with E-state index in [2.05, 4.69) is 73.9 Å². The summed E-state index contributed by atoms with van der Waals surface area (Å²) in [5.41, 5.74) is 0. The van der Waals surface area contributed by atoms with E-state index in [0.717, 1.165) is 42.9 Å². The Morgan fingerprint density at radius 3 is 2.61 bits per heavy atom. The van der Waals surface area contributed by atoms with Crippen molar-refractivity contribution in [2.75, 3.05) is 26.4 Å². The van der Waals surface area contributed by atoms with Gasteiger partial charge in [0.2, 0.25) is 0 Å². The van der Waals surface area contributed by atoms with Crippen LogP contribution in [-0.2, 0) is 6.42 Å². The van der Waals surface area contributed by atoms with Gasteiger partial charge >= 0.3 is 0 Å². The van der Waals surface area contributed by atoms with Crippen LogP contribution in [0.15, 0.2) is 45.4 Å². The van der Waals surface area contributed by atoms with Gasteiger partial charge in [0.05, 0.1) is 0 Å². The lowest BCUT2D eigenvalue weighted by molar-refractivity contribution is 0.460. The van der Waals surface area contributed by atoms with Crippen LogP contribution in [0.1, 0.15) is 50.9 Å². The van der Waals surface area contributed by atoms with E-state index in [9.17, 15) is 0 Å². The molecule has 0 radical (unpaired) electrons. The number of aliphatic imine (C=N–C) groups is 1. The first-order valence-electron chi connectivity index (χ1n) is 10.8.